The zero-order valence-electron chi connectivity index (χ0n) is 20.6. The molecule has 3 aliphatic carbocycles. The molecule has 0 heterocycles. The number of hydrogen-bond donors (Lipinski definition) is 4. The SMILES string of the molecule is CCOC(=O)COC1C(C(N)=O)C(=O)[C@@]2(O)C(=O)C3=C(O)c4c(O)ccc(I)c4C[C@H]3C[C@H]2[C@@H]1N(C)C. The van der Waals surface area contributed by atoms with E-state index >= 15 is 0 Å². The van der Waals surface area contributed by atoms with Gasteiger partial charge in [-0.25, -0.2) is 4.79 Å². The second-order valence-electron chi connectivity index (χ2n) is 9.80. The van der Waals surface area contributed by atoms with Crippen LogP contribution in [0, 0.1) is 21.3 Å². The van der Waals surface area contributed by atoms with Gasteiger partial charge in [-0.15, -0.1) is 0 Å². The van der Waals surface area contributed by atoms with Gasteiger partial charge in [0.2, 0.25) is 11.7 Å². The number of likely N-dealkylation sites (N-methyl/N-ethyl adjacent to an activating group) is 1. The Bertz CT molecular complexity index is 1210. The average Bonchev–Trinajstić information content (AvgIpc) is 2.81. The fraction of sp³-hybridized carbons (Fsp3) is 0.520. The highest BCUT2D eigenvalue weighted by atomic mass is 127. The summed E-state index contributed by atoms with van der Waals surface area (Å²) >= 11 is 2.08. The number of ketones is 2. The van der Waals surface area contributed by atoms with Crippen molar-refractivity contribution in [3.8, 4) is 5.75 Å². The number of amides is 1. The van der Waals surface area contributed by atoms with Crippen molar-refractivity contribution in [3.63, 3.8) is 0 Å². The van der Waals surface area contributed by atoms with Crippen molar-refractivity contribution in [3.05, 3.63) is 32.4 Å². The fourth-order valence-corrected chi connectivity index (χ4v) is 6.77. The van der Waals surface area contributed by atoms with Crippen molar-refractivity contribution in [1.29, 1.82) is 0 Å². The first kappa shape index (κ1) is 27.5. The molecule has 0 radical (unpaired) electrons. The molecule has 0 bridgehead atoms. The van der Waals surface area contributed by atoms with E-state index in [9.17, 15) is 34.5 Å². The van der Waals surface area contributed by atoms with Crippen molar-refractivity contribution in [2.24, 2.45) is 23.5 Å². The number of phenols is 1. The van der Waals surface area contributed by atoms with E-state index in [0.717, 1.165) is 3.57 Å². The molecule has 1 amide bonds. The van der Waals surface area contributed by atoms with Crippen molar-refractivity contribution >= 4 is 51.8 Å². The number of fused-ring (bicyclic) bond motifs is 3. The van der Waals surface area contributed by atoms with E-state index in [4.69, 9.17) is 15.2 Å². The lowest BCUT2D eigenvalue weighted by Gasteiger charge is -2.54. The summed E-state index contributed by atoms with van der Waals surface area (Å²) in [5.41, 5.74) is 3.47. The smallest absolute Gasteiger partial charge is 0.332 e. The predicted molar refractivity (Wildman–Crippen MR) is 137 cm³/mol. The second-order valence-corrected chi connectivity index (χ2v) is 11.0. The lowest BCUT2D eigenvalue weighted by molar-refractivity contribution is -0.192. The number of halogens is 1. The quantitative estimate of drug-likeness (QED) is 0.195. The topological polar surface area (TPSA) is 177 Å². The van der Waals surface area contributed by atoms with E-state index in [1.807, 2.05) is 0 Å². The highest BCUT2D eigenvalue weighted by Gasteiger charge is 2.68. The van der Waals surface area contributed by atoms with E-state index in [0.29, 0.717) is 5.56 Å². The van der Waals surface area contributed by atoms with Crippen molar-refractivity contribution in [1.82, 2.24) is 4.90 Å². The first-order chi connectivity index (χ1) is 17.4. The minimum atomic E-state index is -2.67. The number of carbonyl (C=O) groups is 4. The van der Waals surface area contributed by atoms with Crippen molar-refractivity contribution in [2.75, 3.05) is 27.3 Å². The van der Waals surface area contributed by atoms with Gasteiger partial charge in [0.05, 0.1) is 18.3 Å². The summed E-state index contributed by atoms with van der Waals surface area (Å²) in [5.74, 6) is -8.07. The van der Waals surface area contributed by atoms with E-state index in [-0.39, 0.29) is 36.3 Å². The molecule has 0 aliphatic heterocycles. The average molecular weight is 628 g/mol. The summed E-state index contributed by atoms with van der Waals surface area (Å²) in [6.07, 6.45) is -0.866. The Morgan fingerprint density at radius 2 is 1.92 bits per heavy atom. The number of esters is 1. The van der Waals surface area contributed by atoms with Crippen LogP contribution >= 0.6 is 22.6 Å². The maximum absolute atomic E-state index is 13.9. The van der Waals surface area contributed by atoms with E-state index in [1.54, 1.807) is 32.0 Å². The summed E-state index contributed by atoms with van der Waals surface area (Å²) < 4.78 is 11.4. The van der Waals surface area contributed by atoms with Crippen LogP contribution in [-0.2, 0) is 35.1 Å². The van der Waals surface area contributed by atoms with Crippen molar-refractivity contribution < 1.29 is 44.0 Å². The van der Waals surface area contributed by atoms with Crippen LogP contribution in [-0.4, -0.2) is 88.7 Å². The molecule has 3 aliphatic rings. The molecule has 0 spiro atoms. The van der Waals surface area contributed by atoms with Gasteiger partial charge in [0.25, 0.3) is 0 Å². The number of primary amides is 1. The van der Waals surface area contributed by atoms with Gasteiger partial charge in [0.1, 0.15) is 24.0 Å². The summed E-state index contributed by atoms with van der Waals surface area (Å²) in [7, 11) is 3.29. The number of nitrogens with zero attached hydrogens (tertiary/aromatic N) is 1. The molecule has 1 aromatic rings. The molecule has 2 unspecified atom stereocenters. The number of ether oxygens (including phenoxy) is 2. The molecule has 4 rings (SSSR count). The summed E-state index contributed by atoms with van der Waals surface area (Å²) in [5, 5.41) is 33.3. The Kier molecular flexibility index (Phi) is 7.40. The first-order valence-electron chi connectivity index (χ1n) is 11.8. The zero-order valence-corrected chi connectivity index (χ0v) is 22.7. The first-order valence-corrected chi connectivity index (χ1v) is 12.9. The number of Topliss-reactive ketones (excluding diaryl/α,β-unsaturated/α-hetero) is 2. The van der Waals surface area contributed by atoms with Gasteiger partial charge in [-0.3, -0.25) is 14.4 Å². The van der Waals surface area contributed by atoms with E-state index in [1.165, 1.54) is 6.07 Å². The second kappa shape index (κ2) is 9.97. The third kappa shape index (κ3) is 4.23. The molecule has 0 saturated heterocycles. The lowest BCUT2D eigenvalue weighted by atomic mass is 9.54. The van der Waals surface area contributed by atoms with Gasteiger partial charge >= 0.3 is 5.97 Å². The molecule has 2 saturated carbocycles. The maximum Gasteiger partial charge on any atom is 0.332 e. The van der Waals surface area contributed by atoms with Gasteiger partial charge < -0.3 is 35.4 Å². The van der Waals surface area contributed by atoms with Gasteiger partial charge in [-0.05, 0) is 80.1 Å². The van der Waals surface area contributed by atoms with Gasteiger partial charge in [-0.2, -0.15) is 0 Å². The molecule has 37 heavy (non-hydrogen) atoms. The van der Waals surface area contributed by atoms with Crippen LogP contribution in [0.2, 0.25) is 0 Å². The minimum absolute atomic E-state index is 0.0862. The normalized spacial score (nSPS) is 31.0. The van der Waals surface area contributed by atoms with Crippen LogP contribution in [0.1, 0.15) is 24.5 Å². The van der Waals surface area contributed by atoms with Crippen LogP contribution in [0.3, 0.4) is 0 Å². The zero-order chi connectivity index (χ0) is 27.4. The Morgan fingerprint density at radius 3 is 2.51 bits per heavy atom. The number of aliphatic hydroxyl groups excluding tert-OH is 1. The Labute approximate surface area is 226 Å². The van der Waals surface area contributed by atoms with E-state index in [2.05, 4.69) is 22.6 Å². The molecule has 11 nitrogen and oxygen atoms in total. The number of hydrogen-bond acceptors (Lipinski definition) is 10. The van der Waals surface area contributed by atoms with Crippen LogP contribution in [0.5, 0.6) is 5.75 Å². The monoisotopic (exact) mass is 628 g/mol. The number of aliphatic hydroxyl groups is 2. The fourth-order valence-electron chi connectivity index (χ4n) is 6.10. The lowest BCUT2D eigenvalue weighted by Crippen LogP contribution is -2.74. The molecule has 0 aromatic heterocycles. The van der Waals surface area contributed by atoms with E-state index < -0.39 is 71.3 Å². The molecular formula is C25H29IN2O9. The number of nitrogens with two attached hydrogens (primary N) is 1. The number of rotatable bonds is 6. The van der Waals surface area contributed by atoms with Crippen LogP contribution in [0.25, 0.3) is 5.76 Å². The largest absolute Gasteiger partial charge is 0.507 e. The highest BCUT2D eigenvalue weighted by Crippen LogP contribution is 2.52. The van der Waals surface area contributed by atoms with Crippen molar-refractivity contribution in [2.45, 2.75) is 37.5 Å². The maximum atomic E-state index is 13.9. The van der Waals surface area contributed by atoms with Gasteiger partial charge in [0.15, 0.2) is 11.4 Å². The van der Waals surface area contributed by atoms with Gasteiger partial charge in [-0.1, -0.05) is 0 Å². The molecule has 2 fully saturated rings. The van der Waals surface area contributed by atoms with Crippen LogP contribution in [0.15, 0.2) is 17.7 Å². The van der Waals surface area contributed by atoms with Gasteiger partial charge in [0, 0.05) is 21.1 Å². The predicted octanol–water partition coefficient (Wildman–Crippen LogP) is 0.321. The third-order valence-corrected chi connectivity index (χ3v) is 8.60. The number of phenolic OH excluding ortho intramolecular Hbond substituents is 1. The summed E-state index contributed by atoms with van der Waals surface area (Å²) in [6.45, 7) is 1.17. The Balaban J connectivity index is 1.84. The number of carbonyl (C=O) groups excluding carboxylic acids is 4. The summed E-state index contributed by atoms with van der Waals surface area (Å²) in [6, 6.07) is 2.22. The molecule has 1 aromatic carbocycles. The molecular weight excluding hydrogens is 599 g/mol. The Hall–Kier alpha value is -2.55. The number of benzene rings is 1. The molecule has 5 N–H and O–H groups in total. The standard InChI is InChI=1S/C25H29IN2O9/c1-4-36-15(30)9-37-21-18(24(27)34)23(33)25(35)12(19(21)28(2)3)8-10-7-11-13(26)5-6-14(29)17(11)20(31)16(10)22(25)32/h5-6,10,12,18-19,21,29,31,35H,4,7-9H2,1-3H3,(H2,27,34)/t10-,12-,18?,19-,21?,25-/m0/s1. The van der Waals surface area contributed by atoms with Crippen LogP contribution < -0.4 is 5.73 Å². The molecule has 200 valence electrons. The van der Waals surface area contributed by atoms with Crippen LogP contribution in [0.4, 0.5) is 0 Å². The summed E-state index contributed by atoms with van der Waals surface area (Å²) in [4.78, 5) is 53.7. The number of aromatic hydroxyl groups is 1. The minimum Gasteiger partial charge on any atom is -0.507 e. The molecule has 6 atom stereocenters. The Morgan fingerprint density at radius 1 is 1.24 bits per heavy atom. The third-order valence-electron chi connectivity index (χ3n) is 7.59. The highest BCUT2D eigenvalue weighted by molar-refractivity contribution is 14.1. The molecule has 12 heteroatoms.